The van der Waals surface area contributed by atoms with Crippen molar-refractivity contribution in [2.45, 2.75) is 25.5 Å². The molecule has 1 aromatic carbocycles. The van der Waals surface area contributed by atoms with Gasteiger partial charge in [0.25, 0.3) is 0 Å². The van der Waals surface area contributed by atoms with Crippen LogP contribution in [0.1, 0.15) is 25.3 Å². The van der Waals surface area contributed by atoms with E-state index in [1.54, 1.807) is 13.2 Å². The quantitative estimate of drug-likeness (QED) is 0.778. The smallest absolute Gasteiger partial charge is 0.125 e. The summed E-state index contributed by atoms with van der Waals surface area (Å²) in [6.45, 7) is 2.10. The first-order chi connectivity index (χ1) is 7.67. The molecule has 4 heteroatoms. The number of benzene rings is 1. The van der Waals surface area contributed by atoms with E-state index in [1.165, 1.54) is 0 Å². The van der Waals surface area contributed by atoms with E-state index in [2.05, 4.69) is 6.92 Å². The van der Waals surface area contributed by atoms with Gasteiger partial charge in [0.05, 0.1) is 12.9 Å². The van der Waals surface area contributed by atoms with Crippen LogP contribution in [0.2, 0.25) is 0 Å². The molecular formula is C12H19NO2S. The number of unbranched alkanes of at least 4 members (excludes halogenated alkanes) is 1. The molecule has 0 bridgehead atoms. The number of methoxy groups -OCH3 is 1. The van der Waals surface area contributed by atoms with Crippen molar-refractivity contribution in [3.05, 3.63) is 23.8 Å². The van der Waals surface area contributed by atoms with Crippen molar-refractivity contribution in [3.8, 4) is 5.75 Å². The lowest BCUT2D eigenvalue weighted by Gasteiger charge is -2.09. The molecule has 1 atom stereocenters. The molecule has 0 aromatic heterocycles. The molecule has 1 rings (SSSR count). The molecule has 0 amide bonds. The normalized spacial score (nSPS) is 12.4. The summed E-state index contributed by atoms with van der Waals surface area (Å²) < 4.78 is 17.0. The minimum absolute atomic E-state index is 0.545. The number of rotatable bonds is 6. The summed E-state index contributed by atoms with van der Waals surface area (Å²) in [4.78, 5) is 0. The fraction of sp³-hybridized carbons (Fsp3) is 0.500. The first-order valence-corrected chi connectivity index (χ1v) is 6.93. The Morgan fingerprint density at radius 3 is 2.81 bits per heavy atom. The molecule has 0 spiro atoms. The molecule has 0 radical (unpaired) electrons. The van der Waals surface area contributed by atoms with Gasteiger partial charge in [0.15, 0.2) is 0 Å². The molecule has 90 valence electrons. The Kier molecular flexibility index (Phi) is 5.32. The number of hydrogen-bond donors (Lipinski definition) is 1. The monoisotopic (exact) mass is 241 g/mol. The van der Waals surface area contributed by atoms with Crippen LogP contribution in [-0.4, -0.2) is 17.1 Å². The van der Waals surface area contributed by atoms with E-state index in [0.717, 1.165) is 29.9 Å². The van der Waals surface area contributed by atoms with Crippen LogP contribution < -0.4 is 10.5 Å². The average molecular weight is 241 g/mol. The molecule has 1 unspecified atom stereocenters. The standard InChI is InChI=1S/C12H19NO2S/c1-3-4-7-16(14)9-10-5-6-11(13)8-12(10)15-2/h5-6,8H,3-4,7,9,13H2,1-2H3. The maximum absolute atomic E-state index is 11.7. The van der Waals surface area contributed by atoms with Crippen molar-refractivity contribution < 1.29 is 8.95 Å². The first kappa shape index (κ1) is 13.0. The van der Waals surface area contributed by atoms with Crippen molar-refractivity contribution in [1.29, 1.82) is 0 Å². The van der Waals surface area contributed by atoms with E-state index in [1.807, 2.05) is 12.1 Å². The van der Waals surface area contributed by atoms with Gasteiger partial charge in [0, 0.05) is 33.9 Å². The third-order valence-electron chi connectivity index (χ3n) is 2.35. The number of anilines is 1. The molecule has 0 saturated carbocycles. The van der Waals surface area contributed by atoms with E-state index in [0.29, 0.717) is 11.4 Å². The van der Waals surface area contributed by atoms with E-state index < -0.39 is 10.8 Å². The second-order valence-electron chi connectivity index (χ2n) is 3.71. The second kappa shape index (κ2) is 6.53. The molecule has 0 aliphatic heterocycles. The summed E-state index contributed by atoms with van der Waals surface area (Å²) in [6.07, 6.45) is 2.08. The number of nitrogens with two attached hydrogens (primary N) is 1. The van der Waals surface area contributed by atoms with Gasteiger partial charge >= 0.3 is 0 Å². The van der Waals surface area contributed by atoms with Gasteiger partial charge < -0.3 is 10.5 Å². The van der Waals surface area contributed by atoms with Crippen LogP contribution in [-0.2, 0) is 16.6 Å². The Labute approximate surface area is 99.4 Å². The number of nitrogen functional groups attached to an aromatic ring is 1. The van der Waals surface area contributed by atoms with Gasteiger partial charge in [-0.1, -0.05) is 19.4 Å². The average Bonchev–Trinajstić information content (AvgIpc) is 2.28. The van der Waals surface area contributed by atoms with Crippen molar-refractivity contribution >= 4 is 16.5 Å². The first-order valence-electron chi connectivity index (χ1n) is 5.44. The highest BCUT2D eigenvalue weighted by Crippen LogP contribution is 2.22. The molecule has 0 heterocycles. The summed E-state index contributed by atoms with van der Waals surface area (Å²) in [7, 11) is 0.794. The molecule has 16 heavy (non-hydrogen) atoms. The zero-order chi connectivity index (χ0) is 12.0. The molecule has 0 saturated heterocycles. The lowest BCUT2D eigenvalue weighted by atomic mass is 10.2. The SMILES string of the molecule is CCCCS(=O)Cc1ccc(N)cc1OC. The lowest BCUT2D eigenvalue weighted by molar-refractivity contribution is 0.411. The predicted octanol–water partition coefficient (Wildman–Crippen LogP) is 2.33. The van der Waals surface area contributed by atoms with Crippen LogP contribution in [0.3, 0.4) is 0 Å². The van der Waals surface area contributed by atoms with Crippen LogP contribution in [0, 0.1) is 0 Å². The molecule has 0 aliphatic carbocycles. The van der Waals surface area contributed by atoms with Crippen molar-refractivity contribution in [3.63, 3.8) is 0 Å². The van der Waals surface area contributed by atoms with Crippen LogP contribution in [0.25, 0.3) is 0 Å². The predicted molar refractivity (Wildman–Crippen MR) is 69.0 cm³/mol. The van der Waals surface area contributed by atoms with Crippen molar-refractivity contribution in [2.75, 3.05) is 18.6 Å². The topological polar surface area (TPSA) is 52.3 Å². The highest BCUT2D eigenvalue weighted by atomic mass is 32.2. The second-order valence-corrected chi connectivity index (χ2v) is 5.29. The lowest BCUT2D eigenvalue weighted by Crippen LogP contribution is -2.03. The third kappa shape index (κ3) is 3.85. The molecule has 1 aromatic rings. The summed E-state index contributed by atoms with van der Waals surface area (Å²) in [5.74, 6) is 2.03. The summed E-state index contributed by atoms with van der Waals surface area (Å²) in [5.41, 5.74) is 7.29. The number of hydrogen-bond acceptors (Lipinski definition) is 3. The molecule has 2 N–H and O–H groups in total. The summed E-state index contributed by atoms with van der Waals surface area (Å²) in [6, 6.07) is 5.47. The van der Waals surface area contributed by atoms with Crippen molar-refractivity contribution in [1.82, 2.24) is 0 Å². The van der Waals surface area contributed by atoms with Gasteiger partial charge in [0.2, 0.25) is 0 Å². The van der Waals surface area contributed by atoms with Crippen molar-refractivity contribution in [2.24, 2.45) is 0 Å². The third-order valence-corrected chi connectivity index (χ3v) is 3.73. The van der Waals surface area contributed by atoms with Gasteiger partial charge in [-0.05, 0) is 12.5 Å². The van der Waals surface area contributed by atoms with Gasteiger partial charge in [-0.3, -0.25) is 4.21 Å². The van der Waals surface area contributed by atoms with Gasteiger partial charge in [-0.15, -0.1) is 0 Å². The Morgan fingerprint density at radius 2 is 2.19 bits per heavy atom. The van der Waals surface area contributed by atoms with Crippen LogP contribution >= 0.6 is 0 Å². The Hall–Kier alpha value is -1.03. The van der Waals surface area contributed by atoms with Crippen LogP contribution in [0.5, 0.6) is 5.75 Å². The van der Waals surface area contributed by atoms with E-state index in [4.69, 9.17) is 10.5 Å². The maximum atomic E-state index is 11.7. The summed E-state index contributed by atoms with van der Waals surface area (Å²) >= 11 is 0. The van der Waals surface area contributed by atoms with Crippen LogP contribution in [0.4, 0.5) is 5.69 Å². The fourth-order valence-corrected chi connectivity index (χ4v) is 2.77. The highest BCUT2D eigenvalue weighted by molar-refractivity contribution is 7.84. The summed E-state index contributed by atoms with van der Waals surface area (Å²) in [5, 5.41) is 0. The number of ether oxygens (including phenoxy) is 1. The zero-order valence-corrected chi connectivity index (χ0v) is 10.7. The van der Waals surface area contributed by atoms with E-state index in [9.17, 15) is 4.21 Å². The molecule has 0 fully saturated rings. The fourth-order valence-electron chi connectivity index (χ4n) is 1.43. The maximum Gasteiger partial charge on any atom is 0.125 e. The Morgan fingerprint density at radius 1 is 1.44 bits per heavy atom. The van der Waals surface area contributed by atoms with Gasteiger partial charge in [-0.25, -0.2) is 0 Å². The van der Waals surface area contributed by atoms with Crippen LogP contribution in [0.15, 0.2) is 18.2 Å². The minimum atomic E-state index is -0.810. The van der Waals surface area contributed by atoms with E-state index in [-0.39, 0.29) is 0 Å². The molecular weight excluding hydrogens is 222 g/mol. The minimum Gasteiger partial charge on any atom is -0.496 e. The largest absolute Gasteiger partial charge is 0.496 e. The Balaban J connectivity index is 2.69. The van der Waals surface area contributed by atoms with Gasteiger partial charge in [-0.2, -0.15) is 0 Å². The zero-order valence-electron chi connectivity index (χ0n) is 9.86. The van der Waals surface area contributed by atoms with E-state index >= 15 is 0 Å². The Bertz CT molecular complexity index is 366. The van der Waals surface area contributed by atoms with Gasteiger partial charge in [0.1, 0.15) is 5.75 Å². The highest BCUT2D eigenvalue weighted by Gasteiger charge is 2.07. The molecule has 3 nitrogen and oxygen atoms in total. The molecule has 0 aliphatic rings.